The molecule has 0 atom stereocenters. The van der Waals surface area contributed by atoms with Crippen LogP contribution in [0.15, 0.2) is 98.6 Å². The van der Waals surface area contributed by atoms with E-state index in [0.29, 0.717) is 33.8 Å². The average Bonchev–Trinajstić information content (AvgIpc) is 3.04. The summed E-state index contributed by atoms with van der Waals surface area (Å²) in [4.78, 5) is 28.7. The highest BCUT2D eigenvalue weighted by molar-refractivity contribution is 6.06. The lowest BCUT2D eigenvalue weighted by atomic mass is 9.92. The molecule has 0 amide bonds. The first-order valence-corrected chi connectivity index (χ1v) is 14.9. The van der Waals surface area contributed by atoms with Crippen LogP contribution in [0.1, 0.15) is 31.1 Å². The molecule has 0 saturated heterocycles. The number of ether oxygens (including phenoxy) is 1. The van der Waals surface area contributed by atoms with Crippen LogP contribution in [0.3, 0.4) is 0 Å². The molecular weight excluding hydrogens is 552 g/mol. The molecule has 1 aliphatic carbocycles. The van der Waals surface area contributed by atoms with E-state index in [1.807, 2.05) is 85.7 Å². The average molecular weight is 588 g/mol. The minimum absolute atomic E-state index is 0.264. The lowest BCUT2D eigenvalue weighted by Crippen LogP contribution is -2.29. The molecule has 0 fully saturated rings. The Kier molecular flexibility index (Phi) is 7.78. The summed E-state index contributed by atoms with van der Waals surface area (Å²) in [5.41, 5.74) is 4.08. The summed E-state index contributed by atoms with van der Waals surface area (Å²) < 4.78 is 20.1. The molecule has 6 rings (SSSR count). The highest BCUT2D eigenvalue weighted by atomic mass is 16.5. The van der Waals surface area contributed by atoms with Crippen molar-refractivity contribution in [3.8, 4) is 33.8 Å². The van der Waals surface area contributed by atoms with Gasteiger partial charge in [0, 0.05) is 42.2 Å². The molecule has 2 heterocycles. The number of esters is 1. The van der Waals surface area contributed by atoms with E-state index in [0.717, 1.165) is 51.4 Å². The Labute approximate surface area is 255 Å². The fraction of sp³-hybridized carbons (Fsp3) is 0.216. The molecule has 1 aliphatic heterocycles. The lowest BCUT2D eigenvalue weighted by molar-refractivity contribution is 0.0527. The molecule has 7 heteroatoms. The van der Waals surface area contributed by atoms with Gasteiger partial charge in [0.1, 0.15) is 35.8 Å². The fourth-order valence-electron chi connectivity index (χ4n) is 5.77. The number of carbonyl (C=O) groups excluding carboxylic acids is 1. The van der Waals surface area contributed by atoms with Crippen LogP contribution in [0.25, 0.3) is 55.5 Å². The second-order valence-electron chi connectivity index (χ2n) is 10.9. The van der Waals surface area contributed by atoms with Crippen LogP contribution in [0.4, 0.5) is 5.69 Å². The van der Waals surface area contributed by atoms with Gasteiger partial charge < -0.3 is 18.5 Å². The molecule has 44 heavy (non-hydrogen) atoms. The number of nitrogens with zero attached hydrogens (tertiary/aromatic N) is 2. The minimum atomic E-state index is -0.505. The Morgan fingerprint density at radius 3 is 2.25 bits per heavy atom. The maximum Gasteiger partial charge on any atom is 0.347 e. The Morgan fingerprint density at radius 1 is 0.750 bits per heavy atom. The first-order chi connectivity index (χ1) is 21.3. The molecule has 4 aromatic rings. The van der Waals surface area contributed by atoms with Gasteiger partial charge in [0.05, 0.1) is 18.2 Å². The van der Waals surface area contributed by atoms with Crippen LogP contribution in [0, 0.1) is 0 Å². The van der Waals surface area contributed by atoms with Gasteiger partial charge in [-0.25, -0.2) is 14.2 Å². The summed E-state index contributed by atoms with van der Waals surface area (Å²) in [6.07, 6.45) is 0. The van der Waals surface area contributed by atoms with E-state index in [4.69, 9.17) is 13.6 Å². The first-order valence-electron chi connectivity index (χ1n) is 14.9. The monoisotopic (exact) mass is 587 g/mol. The van der Waals surface area contributed by atoms with Crippen molar-refractivity contribution >= 4 is 33.4 Å². The topological polar surface area (TPSA) is 75.9 Å². The number of hydrogen-bond acceptors (Lipinski definition) is 6. The van der Waals surface area contributed by atoms with E-state index < -0.39 is 11.6 Å². The summed E-state index contributed by atoms with van der Waals surface area (Å²) in [6, 6.07) is 27.1. The molecule has 222 valence electrons. The van der Waals surface area contributed by atoms with Crippen molar-refractivity contribution in [3.05, 3.63) is 106 Å². The maximum atomic E-state index is 13.6. The molecule has 0 saturated carbocycles. The van der Waals surface area contributed by atoms with Gasteiger partial charge >= 0.3 is 11.6 Å². The van der Waals surface area contributed by atoms with Crippen LogP contribution in [0.2, 0.25) is 0 Å². The van der Waals surface area contributed by atoms with Gasteiger partial charge in [0.15, 0.2) is 0 Å². The van der Waals surface area contributed by atoms with Crippen LogP contribution in [-0.4, -0.2) is 39.8 Å². The standard InChI is InChI=1S/C37H35N2O5/c1-6-39(7-2)26-16-18-29-31(28-11-9-10-12-30(28)36(40)42-8-3)22-34(43-33(29)21-26)32-20-24-14-13-23-19-25(38(4)5)15-17-27(23)35(24)44-37(32)41/h9-22H,6-8H2,1-5H3/q+1. The molecule has 0 radical (unpaired) electrons. The van der Waals surface area contributed by atoms with Crippen molar-refractivity contribution in [2.45, 2.75) is 20.8 Å². The van der Waals surface area contributed by atoms with Gasteiger partial charge in [-0.05, 0) is 79.7 Å². The van der Waals surface area contributed by atoms with Crippen molar-refractivity contribution in [2.24, 2.45) is 0 Å². The zero-order chi connectivity index (χ0) is 31.0. The van der Waals surface area contributed by atoms with Crippen LogP contribution in [0.5, 0.6) is 0 Å². The molecule has 0 unspecified atom stereocenters. The van der Waals surface area contributed by atoms with E-state index in [2.05, 4.69) is 30.6 Å². The molecule has 1 aromatic heterocycles. The van der Waals surface area contributed by atoms with Crippen LogP contribution < -0.4 is 20.5 Å². The third-order valence-electron chi connectivity index (χ3n) is 8.07. The van der Waals surface area contributed by atoms with Gasteiger partial charge in [-0.15, -0.1) is 0 Å². The molecule has 3 aromatic carbocycles. The van der Waals surface area contributed by atoms with Crippen molar-refractivity contribution in [2.75, 3.05) is 38.7 Å². The maximum absolute atomic E-state index is 13.6. The van der Waals surface area contributed by atoms with Crippen molar-refractivity contribution in [3.63, 3.8) is 0 Å². The molecule has 7 nitrogen and oxygen atoms in total. The summed E-state index contributed by atoms with van der Waals surface area (Å²) in [5.74, 6) is 0.532. The summed E-state index contributed by atoms with van der Waals surface area (Å²) in [6.45, 7) is 7.92. The normalized spacial score (nSPS) is 11.3. The Balaban J connectivity index is 1.62. The van der Waals surface area contributed by atoms with E-state index >= 15 is 0 Å². The summed E-state index contributed by atoms with van der Waals surface area (Å²) >= 11 is 0. The Morgan fingerprint density at radius 2 is 1.50 bits per heavy atom. The van der Waals surface area contributed by atoms with Crippen LogP contribution in [-0.2, 0) is 4.74 Å². The molecule has 0 N–H and O–H groups in total. The lowest BCUT2D eigenvalue weighted by Gasteiger charge is -2.16. The smallest absolute Gasteiger partial charge is 0.347 e. The molecule has 0 spiro atoms. The Hall–Kier alpha value is -5.17. The third-order valence-corrected chi connectivity index (χ3v) is 8.07. The number of carbonyl (C=O) groups is 1. The van der Waals surface area contributed by atoms with Crippen molar-refractivity contribution in [1.29, 1.82) is 0 Å². The van der Waals surface area contributed by atoms with E-state index in [1.54, 1.807) is 13.0 Å². The highest BCUT2D eigenvalue weighted by Gasteiger charge is 2.23. The number of benzene rings is 4. The number of hydrogen-bond donors (Lipinski definition) is 0. The minimum Gasteiger partial charge on any atom is -0.462 e. The zero-order valence-corrected chi connectivity index (χ0v) is 25.6. The third kappa shape index (κ3) is 5.15. The summed E-state index contributed by atoms with van der Waals surface area (Å²) in [7, 11) is 3.98. The quantitative estimate of drug-likeness (QED) is 0.0864. The van der Waals surface area contributed by atoms with Gasteiger partial charge in [-0.1, -0.05) is 30.3 Å². The zero-order valence-electron chi connectivity index (χ0n) is 25.6. The number of fused-ring (bicyclic) bond motifs is 4. The summed E-state index contributed by atoms with van der Waals surface area (Å²) in [5, 5.41) is 3.63. The molecular formula is C37H35N2O5+. The predicted molar refractivity (Wildman–Crippen MR) is 176 cm³/mol. The van der Waals surface area contributed by atoms with Crippen molar-refractivity contribution < 1.29 is 18.4 Å². The number of anilines is 1. The molecule has 2 aliphatic rings. The fourth-order valence-corrected chi connectivity index (χ4v) is 5.77. The predicted octanol–water partition coefficient (Wildman–Crippen LogP) is 7.03. The Bertz CT molecular complexity index is 2130. The highest BCUT2D eigenvalue weighted by Crippen LogP contribution is 2.39. The number of rotatable bonds is 7. The second kappa shape index (κ2) is 11.8. The molecule has 0 bridgehead atoms. The largest absolute Gasteiger partial charge is 0.462 e. The van der Waals surface area contributed by atoms with E-state index in [-0.39, 0.29) is 6.61 Å². The van der Waals surface area contributed by atoms with Gasteiger partial charge in [-0.3, -0.25) is 0 Å². The van der Waals surface area contributed by atoms with Gasteiger partial charge in [-0.2, -0.15) is 0 Å². The van der Waals surface area contributed by atoms with Gasteiger partial charge in [0.2, 0.25) is 5.36 Å². The van der Waals surface area contributed by atoms with Crippen molar-refractivity contribution in [1.82, 2.24) is 4.58 Å². The van der Waals surface area contributed by atoms with Gasteiger partial charge in [0.25, 0.3) is 0 Å². The first kappa shape index (κ1) is 28.9. The van der Waals surface area contributed by atoms with Crippen LogP contribution >= 0.6 is 0 Å². The second-order valence-corrected chi connectivity index (χ2v) is 10.9. The SMILES string of the molecule is CCOC(=O)c1ccccc1-c1cc(-c2cc3ccc4cc(N(C)C)ccc4c3oc2=O)oc2cc(=[N+](CC)CC)ccc1-2. The van der Waals surface area contributed by atoms with E-state index in [1.165, 1.54) is 0 Å². The van der Waals surface area contributed by atoms with E-state index in [9.17, 15) is 9.59 Å².